The van der Waals surface area contributed by atoms with Gasteiger partial charge in [-0.05, 0) is 35.4 Å². The molecule has 2 nitrogen and oxygen atoms in total. The first-order chi connectivity index (χ1) is 5.70. The van der Waals surface area contributed by atoms with Gasteiger partial charge in [-0.15, -0.1) is 11.3 Å². The fourth-order valence-electron chi connectivity index (χ4n) is 1.27. The van der Waals surface area contributed by atoms with E-state index in [1.807, 2.05) is 24.4 Å². The Bertz CT molecular complexity index is 433. The third-order valence-electron chi connectivity index (χ3n) is 1.94. The first-order valence-electron chi connectivity index (χ1n) is 3.65. The third kappa shape index (κ3) is 0.865. The molecule has 0 bridgehead atoms. The molecule has 0 saturated carbocycles. The average Bonchev–Trinajstić information content (AvgIpc) is 2.48. The van der Waals surface area contributed by atoms with Crippen LogP contribution in [0.5, 0.6) is 5.75 Å². The van der Waals surface area contributed by atoms with E-state index < -0.39 is 0 Å². The molecule has 2 rings (SSSR count). The van der Waals surface area contributed by atoms with Gasteiger partial charge >= 0.3 is 0 Å². The SMILES string of the molecule is Cc1cc2ccsc2c(N)c1O. The number of nitrogen functional groups attached to an aromatic ring is 1. The number of nitrogens with two attached hydrogens (primary N) is 1. The highest BCUT2D eigenvalue weighted by molar-refractivity contribution is 7.17. The van der Waals surface area contributed by atoms with Crippen LogP contribution in [-0.2, 0) is 0 Å². The highest BCUT2D eigenvalue weighted by Gasteiger charge is 2.07. The molecule has 0 spiro atoms. The molecule has 3 heteroatoms. The second-order valence-corrected chi connectivity index (χ2v) is 3.71. The standard InChI is InChI=1S/C9H9NOS/c1-5-4-6-2-3-12-9(6)7(10)8(5)11/h2-4,11H,10H2,1H3. The molecule has 1 aromatic carbocycles. The van der Waals surface area contributed by atoms with Crippen LogP contribution in [-0.4, -0.2) is 5.11 Å². The Kier molecular flexibility index (Phi) is 1.48. The normalized spacial score (nSPS) is 10.8. The van der Waals surface area contributed by atoms with E-state index >= 15 is 0 Å². The lowest BCUT2D eigenvalue weighted by Crippen LogP contribution is -1.87. The van der Waals surface area contributed by atoms with Gasteiger partial charge in [-0.25, -0.2) is 0 Å². The largest absolute Gasteiger partial charge is 0.505 e. The number of rotatable bonds is 0. The molecule has 62 valence electrons. The molecule has 12 heavy (non-hydrogen) atoms. The van der Waals surface area contributed by atoms with Crippen LogP contribution in [0.25, 0.3) is 10.1 Å². The van der Waals surface area contributed by atoms with Gasteiger partial charge in [0.1, 0.15) is 5.75 Å². The van der Waals surface area contributed by atoms with Gasteiger partial charge in [-0.1, -0.05) is 0 Å². The van der Waals surface area contributed by atoms with Gasteiger partial charge in [-0.2, -0.15) is 0 Å². The molecule has 0 aliphatic rings. The van der Waals surface area contributed by atoms with Crippen molar-refractivity contribution in [3.63, 3.8) is 0 Å². The van der Waals surface area contributed by atoms with Crippen molar-refractivity contribution in [2.75, 3.05) is 5.73 Å². The number of hydrogen-bond acceptors (Lipinski definition) is 3. The smallest absolute Gasteiger partial charge is 0.142 e. The van der Waals surface area contributed by atoms with Crippen molar-refractivity contribution in [2.24, 2.45) is 0 Å². The van der Waals surface area contributed by atoms with E-state index in [2.05, 4.69) is 0 Å². The molecule has 0 radical (unpaired) electrons. The summed E-state index contributed by atoms with van der Waals surface area (Å²) in [6.07, 6.45) is 0. The molecule has 2 aromatic rings. The van der Waals surface area contributed by atoms with E-state index in [0.29, 0.717) is 5.69 Å². The maximum atomic E-state index is 9.50. The van der Waals surface area contributed by atoms with Gasteiger partial charge in [0, 0.05) is 0 Å². The second-order valence-electron chi connectivity index (χ2n) is 2.79. The summed E-state index contributed by atoms with van der Waals surface area (Å²) in [4.78, 5) is 0. The highest BCUT2D eigenvalue weighted by atomic mass is 32.1. The monoisotopic (exact) mass is 179 g/mol. The van der Waals surface area contributed by atoms with Crippen molar-refractivity contribution >= 4 is 27.1 Å². The average molecular weight is 179 g/mol. The van der Waals surface area contributed by atoms with E-state index in [-0.39, 0.29) is 5.75 Å². The summed E-state index contributed by atoms with van der Waals surface area (Å²) in [5, 5.41) is 12.6. The Morgan fingerprint density at radius 3 is 3.00 bits per heavy atom. The lowest BCUT2D eigenvalue weighted by Gasteiger charge is -2.03. The van der Waals surface area contributed by atoms with Crippen LogP contribution < -0.4 is 5.73 Å². The summed E-state index contributed by atoms with van der Waals surface area (Å²) in [7, 11) is 0. The molecular formula is C9H9NOS. The third-order valence-corrected chi connectivity index (χ3v) is 2.90. The Balaban J connectivity index is 2.94. The zero-order chi connectivity index (χ0) is 8.72. The zero-order valence-electron chi connectivity index (χ0n) is 6.66. The number of phenols is 1. The Morgan fingerprint density at radius 2 is 2.25 bits per heavy atom. The van der Waals surface area contributed by atoms with Crippen LogP contribution in [0.3, 0.4) is 0 Å². The summed E-state index contributed by atoms with van der Waals surface area (Å²) >= 11 is 1.55. The minimum absolute atomic E-state index is 0.213. The highest BCUT2D eigenvalue weighted by Crippen LogP contribution is 2.35. The van der Waals surface area contributed by atoms with Crippen molar-refractivity contribution in [3.05, 3.63) is 23.1 Å². The van der Waals surface area contributed by atoms with Crippen LogP contribution in [0.2, 0.25) is 0 Å². The molecule has 0 unspecified atom stereocenters. The van der Waals surface area contributed by atoms with E-state index in [1.54, 1.807) is 11.3 Å². The van der Waals surface area contributed by atoms with Gasteiger partial charge in [0.2, 0.25) is 0 Å². The van der Waals surface area contributed by atoms with Crippen molar-refractivity contribution in [3.8, 4) is 5.75 Å². The van der Waals surface area contributed by atoms with Crippen molar-refractivity contribution < 1.29 is 5.11 Å². The fraction of sp³-hybridized carbons (Fsp3) is 0.111. The number of hydrogen-bond donors (Lipinski definition) is 2. The summed E-state index contributed by atoms with van der Waals surface area (Å²) < 4.78 is 0.970. The first-order valence-corrected chi connectivity index (χ1v) is 4.53. The Morgan fingerprint density at radius 1 is 1.50 bits per heavy atom. The van der Waals surface area contributed by atoms with Gasteiger partial charge in [-0.3, -0.25) is 0 Å². The number of thiophene rings is 1. The molecule has 1 heterocycles. The molecule has 0 amide bonds. The number of fused-ring (bicyclic) bond motifs is 1. The van der Waals surface area contributed by atoms with Gasteiger partial charge < -0.3 is 10.8 Å². The van der Waals surface area contributed by atoms with Crippen molar-refractivity contribution in [1.29, 1.82) is 0 Å². The van der Waals surface area contributed by atoms with Gasteiger partial charge in [0.05, 0.1) is 10.4 Å². The van der Waals surface area contributed by atoms with Gasteiger partial charge in [0.25, 0.3) is 0 Å². The minimum atomic E-state index is 0.213. The van der Waals surface area contributed by atoms with Crippen LogP contribution in [0, 0.1) is 6.92 Å². The molecule has 0 saturated heterocycles. The molecule has 0 fully saturated rings. The predicted octanol–water partition coefficient (Wildman–Crippen LogP) is 2.50. The van der Waals surface area contributed by atoms with Crippen LogP contribution in [0.4, 0.5) is 5.69 Å². The first kappa shape index (κ1) is 7.43. The van der Waals surface area contributed by atoms with E-state index in [9.17, 15) is 5.11 Å². The summed E-state index contributed by atoms with van der Waals surface area (Å²) in [6.45, 7) is 1.85. The maximum absolute atomic E-state index is 9.50. The number of phenolic OH excluding ortho intramolecular Hbond substituents is 1. The molecule has 0 atom stereocenters. The maximum Gasteiger partial charge on any atom is 0.142 e. The number of aryl methyl sites for hydroxylation is 1. The quantitative estimate of drug-likeness (QED) is 0.482. The second kappa shape index (κ2) is 2.38. The lowest BCUT2D eigenvalue weighted by atomic mass is 10.1. The van der Waals surface area contributed by atoms with Crippen LogP contribution in [0.15, 0.2) is 17.5 Å². The molecule has 0 aliphatic carbocycles. The lowest BCUT2D eigenvalue weighted by molar-refractivity contribution is 0.474. The van der Waals surface area contributed by atoms with Crippen LogP contribution >= 0.6 is 11.3 Å². The molecular weight excluding hydrogens is 170 g/mol. The van der Waals surface area contributed by atoms with Crippen molar-refractivity contribution in [1.82, 2.24) is 0 Å². The topological polar surface area (TPSA) is 46.2 Å². The summed E-state index contributed by atoms with van der Waals surface area (Å²) in [6, 6.07) is 3.94. The Hall–Kier alpha value is -1.22. The van der Waals surface area contributed by atoms with Crippen LogP contribution in [0.1, 0.15) is 5.56 Å². The molecule has 3 N–H and O–H groups in total. The number of aromatic hydroxyl groups is 1. The molecule has 1 aromatic heterocycles. The minimum Gasteiger partial charge on any atom is -0.505 e. The predicted molar refractivity (Wildman–Crippen MR) is 52.6 cm³/mol. The van der Waals surface area contributed by atoms with Gasteiger partial charge in [0.15, 0.2) is 0 Å². The van der Waals surface area contributed by atoms with E-state index in [4.69, 9.17) is 5.73 Å². The number of anilines is 1. The fourth-order valence-corrected chi connectivity index (χ4v) is 2.11. The summed E-state index contributed by atoms with van der Waals surface area (Å²) in [5.41, 5.74) is 7.06. The zero-order valence-corrected chi connectivity index (χ0v) is 7.48. The van der Waals surface area contributed by atoms with E-state index in [1.165, 1.54) is 0 Å². The summed E-state index contributed by atoms with van der Waals surface area (Å²) in [5.74, 6) is 0.213. The van der Waals surface area contributed by atoms with Crippen molar-refractivity contribution in [2.45, 2.75) is 6.92 Å². The Labute approximate surface area is 74.3 Å². The molecule has 0 aliphatic heterocycles. The van der Waals surface area contributed by atoms with E-state index in [0.717, 1.165) is 15.6 Å². The number of benzene rings is 1.